The highest BCUT2D eigenvalue weighted by Gasteiger charge is 2.26. The second-order valence-corrected chi connectivity index (χ2v) is 5.53. The number of hydrogen-bond donors (Lipinski definition) is 1. The van der Waals surface area contributed by atoms with Gasteiger partial charge in [0.1, 0.15) is 0 Å². The van der Waals surface area contributed by atoms with Gasteiger partial charge in [0.05, 0.1) is 0 Å². The summed E-state index contributed by atoms with van der Waals surface area (Å²) < 4.78 is 0. The number of hydrogen-bond acceptors (Lipinski definition) is 2. The van der Waals surface area contributed by atoms with Crippen molar-refractivity contribution < 1.29 is 0 Å². The summed E-state index contributed by atoms with van der Waals surface area (Å²) in [6.07, 6.45) is 6.92. The molecule has 0 aliphatic heterocycles. The summed E-state index contributed by atoms with van der Waals surface area (Å²) in [4.78, 5) is 2.64. The zero-order valence-electron chi connectivity index (χ0n) is 12.3. The largest absolute Gasteiger partial charge is 0.314 e. The second kappa shape index (κ2) is 8.10. The highest BCUT2D eigenvalue weighted by atomic mass is 15.1. The topological polar surface area (TPSA) is 15.3 Å². The lowest BCUT2D eigenvalue weighted by Crippen LogP contribution is -2.37. The molecule has 2 nitrogen and oxygen atoms in total. The Labute approximate surface area is 108 Å². The third kappa shape index (κ3) is 4.59. The summed E-state index contributed by atoms with van der Waals surface area (Å²) in [5.41, 5.74) is 0. The maximum absolute atomic E-state index is 3.66. The highest BCUT2D eigenvalue weighted by Crippen LogP contribution is 2.28. The Balaban J connectivity index is 2.32. The lowest BCUT2D eigenvalue weighted by Gasteiger charge is -2.29. The average molecular weight is 240 g/mol. The van der Waals surface area contributed by atoms with Gasteiger partial charge in [-0.15, -0.1) is 0 Å². The van der Waals surface area contributed by atoms with Gasteiger partial charge in [-0.1, -0.05) is 27.2 Å². The Bertz CT molecular complexity index is 193. The van der Waals surface area contributed by atoms with Crippen LogP contribution in [-0.2, 0) is 0 Å². The molecule has 0 heterocycles. The maximum Gasteiger partial charge on any atom is 0.00956 e. The van der Waals surface area contributed by atoms with Crippen molar-refractivity contribution in [1.82, 2.24) is 10.2 Å². The summed E-state index contributed by atoms with van der Waals surface area (Å²) in [7, 11) is 0. The average Bonchev–Trinajstić information content (AvgIpc) is 2.77. The molecule has 3 unspecified atom stereocenters. The normalized spacial score (nSPS) is 26.6. The van der Waals surface area contributed by atoms with E-state index in [1.165, 1.54) is 45.2 Å². The predicted octanol–water partition coefficient (Wildman–Crippen LogP) is 3.28. The fraction of sp³-hybridized carbons (Fsp3) is 1.00. The molecule has 2 heteroatoms. The Morgan fingerprint density at radius 1 is 1.24 bits per heavy atom. The fourth-order valence-corrected chi connectivity index (χ4v) is 3.19. The van der Waals surface area contributed by atoms with Crippen LogP contribution in [0.2, 0.25) is 0 Å². The molecule has 0 radical (unpaired) electrons. The molecule has 102 valence electrons. The van der Waals surface area contributed by atoms with Crippen molar-refractivity contribution in [2.75, 3.05) is 19.6 Å². The molecule has 1 rings (SSSR count). The van der Waals surface area contributed by atoms with E-state index in [4.69, 9.17) is 0 Å². The summed E-state index contributed by atoms with van der Waals surface area (Å²) in [6, 6.07) is 1.55. The molecule has 0 aromatic heterocycles. The molecule has 1 fully saturated rings. The monoisotopic (exact) mass is 240 g/mol. The Morgan fingerprint density at radius 3 is 2.59 bits per heavy atom. The number of rotatable bonds is 8. The van der Waals surface area contributed by atoms with Crippen molar-refractivity contribution in [3.8, 4) is 0 Å². The molecule has 0 bridgehead atoms. The molecular weight excluding hydrogens is 208 g/mol. The molecule has 1 N–H and O–H groups in total. The van der Waals surface area contributed by atoms with Crippen molar-refractivity contribution >= 4 is 0 Å². The minimum Gasteiger partial charge on any atom is -0.314 e. The molecule has 0 aromatic carbocycles. The Kier molecular flexibility index (Phi) is 7.14. The Morgan fingerprint density at radius 2 is 2.00 bits per heavy atom. The van der Waals surface area contributed by atoms with Gasteiger partial charge in [0.2, 0.25) is 0 Å². The minimum absolute atomic E-state index is 0.749. The van der Waals surface area contributed by atoms with E-state index in [1.807, 2.05) is 0 Å². The van der Waals surface area contributed by atoms with E-state index in [-0.39, 0.29) is 0 Å². The van der Waals surface area contributed by atoms with Crippen molar-refractivity contribution in [3.05, 3.63) is 0 Å². The van der Waals surface area contributed by atoms with E-state index in [9.17, 15) is 0 Å². The lowest BCUT2D eigenvalue weighted by molar-refractivity contribution is 0.193. The summed E-state index contributed by atoms with van der Waals surface area (Å²) in [5, 5.41) is 3.66. The van der Waals surface area contributed by atoms with Crippen molar-refractivity contribution in [3.63, 3.8) is 0 Å². The molecule has 1 aliphatic carbocycles. The van der Waals surface area contributed by atoms with Crippen LogP contribution in [-0.4, -0.2) is 36.6 Å². The van der Waals surface area contributed by atoms with E-state index in [0.717, 1.165) is 24.5 Å². The molecule has 0 spiro atoms. The maximum atomic E-state index is 3.66. The first-order chi connectivity index (χ1) is 8.22. The van der Waals surface area contributed by atoms with Crippen LogP contribution in [0.4, 0.5) is 0 Å². The van der Waals surface area contributed by atoms with Gasteiger partial charge < -0.3 is 10.2 Å². The van der Waals surface area contributed by atoms with Crippen molar-refractivity contribution in [1.29, 1.82) is 0 Å². The zero-order valence-corrected chi connectivity index (χ0v) is 12.3. The van der Waals surface area contributed by atoms with E-state index in [0.29, 0.717) is 0 Å². The molecule has 0 amide bonds. The third-order valence-corrected chi connectivity index (χ3v) is 4.53. The van der Waals surface area contributed by atoms with Crippen LogP contribution in [0.1, 0.15) is 59.8 Å². The first-order valence-electron chi connectivity index (χ1n) is 7.70. The summed E-state index contributed by atoms with van der Waals surface area (Å²) >= 11 is 0. The van der Waals surface area contributed by atoms with E-state index >= 15 is 0 Å². The SMILES string of the molecule is CCNC1CCCC1CCN(CC)C(C)CC. The van der Waals surface area contributed by atoms with Gasteiger partial charge in [-0.25, -0.2) is 0 Å². The van der Waals surface area contributed by atoms with Crippen LogP contribution in [0.3, 0.4) is 0 Å². The van der Waals surface area contributed by atoms with E-state index in [2.05, 4.69) is 37.9 Å². The van der Waals surface area contributed by atoms with Gasteiger partial charge in [-0.3, -0.25) is 0 Å². The second-order valence-electron chi connectivity index (χ2n) is 5.53. The van der Waals surface area contributed by atoms with Crippen LogP contribution in [0.5, 0.6) is 0 Å². The standard InChI is InChI=1S/C15H32N2/c1-5-13(4)17(7-3)12-11-14-9-8-10-15(14)16-6-2/h13-16H,5-12H2,1-4H3. The number of nitrogens with one attached hydrogen (secondary N) is 1. The lowest BCUT2D eigenvalue weighted by atomic mass is 9.98. The van der Waals surface area contributed by atoms with Crippen molar-refractivity contribution in [2.24, 2.45) is 5.92 Å². The van der Waals surface area contributed by atoms with Gasteiger partial charge >= 0.3 is 0 Å². The van der Waals surface area contributed by atoms with Crippen LogP contribution < -0.4 is 5.32 Å². The first-order valence-corrected chi connectivity index (χ1v) is 7.70. The molecule has 1 aliphatic rings. The van der Waals surface area contributed by atoms with Crippen molar-refractivity contribution in [2.45, 2.75) is 71.9 Å². The minimum atomic E-state index is 0.749. The highest BCUT2D eigenvalue weighted by molar-refractivity contribution is 4.83. The molecule has 0 aromatic rings. The van der Waals surface area contributed by atoms with E-state index < -0.39 is 0 Å². The molecule has 3 atom stereocenters. The van der Waals surface area contributed by atoms with Crippen LogP contribution >= 0.6 is 0 Å². The molecule has 0 saturated heterocycles. The van der Waals surface area contributed by atoms with Gasteiger partial charge in [0, 0.05) is 12.1 Å². The smallest absolute Gasteiger partial charge is 0.00956 e. The fourth-order valence-electron chi connectivity index (χ4n) is 3.19. The van der Waals surface area contributed by atoms with Gasteiger partial charge in [0.25, 0.3) is 0 Å². The first kappa shape index (κ1) is 15.0. The predicted molar refractivity (Wildman–Crippen MR) is 76.4 cm³/mol. The molecule has 17 heavy (non-hydrogen) atoms. The van der Waals surface area contributed by atoms with Crippen LogP contribution in [0.15, 0.2) is 0 Å². The Hall–Kier alpha value is -0.0800. The summed E-state index contributed by atoms with van der Waals surface area (Å²) in [6.45, 7) is 12.8. The third-order valence-electron chi connectivity index (χ3n) is 4.53. The van der Waals surface area contributed by atoms with E-state index in [1.54, 1.807) is 0 Å². The van der Waals surface area contributed by atoms with Gasteiger partial charge in [0.15, 0.2) is 0 Å². The quantitative estimate of drug-likeness (QED) is 0.700. The van der Waals surface area contributed by atoms with Gasteiger partial charge in [-0.05, 0) is 58.2 Å². The van der Waals surface area contributed by atoms with Gasteiger partial charge in [-0.2, -0.15) is 0 Å². The number of nitrogens with zero attached hydrogens (tertiary/aromatic N) is 1. The summed E-state index contributed by atoms with van der Waals surface area (Å²) in [5.74, 6) is 0.924. The zero-order chi connectivity index (χ0) is 12.7. The van der Waals surface area contributed by atoms with Crippen LogP contribution in [0, 0.1) is 5.92 Å². The molecular formula is C15H32N2. The molecule has 1 saturated carbocycles. The van der Waals surface area contributed by atoms with Crippen LogP contribution in [0.25, 0.3) is 0 Å².